The average molecular weight is 388 g/mol. The van der Waals surface area contributed by atoms with Gasteiger partial charge in [0.25, 0.3) is 5.91 Å². The van der Waals surface area contributed by atoms with E-state index in [1.165, 1.54) is 19.1 Å². The maximum Gasteiger partial charge on any atom is 0.331 e. The zero-order valence-electron chi connectivity index (χ0n) is 14.6. The van der Waals surface area contributed by atoms with E-state index in [1.807, 2.05) is 0 Å². The molecule has 0 saturated carbocycles. The summed E-state index contributed by atoms with van der Waals surface area (Å²) in [6, 6.07) is 12.2. The predicted molar refractivity (Wildman–Crippen MR) is 102 cm³/mol. The molecule has 27 heavy (non-hydrogen) atoms. The molecular formula is C20H18ClNO5. The number of amides is 1. The number of ether oxygens (including phenoxy) is 3. The Balaban J connectivity index is 1.56. The van der Waals surface area contributed by atoms with Crippen LogP contribution in [0.1, 0.15) is 12.5 Å². The number of fused-ring (bicyclic) bond motifs is 1. The molecular weight excluding hydrogens is 370 g/mol. The molecule has 1 aliphatic heterocycles. The van der Waals surface area contributed by atoms with Crippen LogP contribution in [0.25, 0.3) is 6.08 Å². The molecule has 1 amide bonds. The van der Waals surface area contributed by atoms with E-state index in [-0.39, 0.29) is 0 Å². The summed E-state index contributed by atoms with van der Waals surface area (Å²) in [6.45, 7) is 2.44. The lowest BCUT2D eigenvalue weighted by Gasteiger charge is -2.19. The van der Waals surface area contributed by atoms with Gasteiger partial charge in [-0.05, 0) is 36.8 Å². The molecule has 1 N–H and O–H groups in total. The predicted octanol–water partition coefficient (Wildman–Crippen LogP) is 3.69. The van der Waals surface area contributed by atoms with E-state index >= 15 is 0 Å². The summed E-state index contributed by atoms with van der Waals surface area (Å²) in [5.74, 6) is 0.0979. The van der Waals surface area contributed by atoms with Gasteiger partial charge in [0.15, 0.2) is 17.6 Å². The Bertz CT molecular complexity index is 880. The van der Waals surface area contributed by atoms with Crippen molar-refractivity contribution in [3.8, 4) is 11.5 Å². The van der Waals surface area contributed by atoms with Crippen LogP contribution in [0.4, 0.5) is 5.69 Å². The quantitative estimate of drug-likeness (QED) is 0.625. The zero-order chi connectivity index (χ0) is 19.2. The van der Waals surface area contributed by atoms with E-state index in [0.29, 0.717) is 41.0 Å². The highest BCUT2D eigenvalue weighted by molar-refractivity contribution is 6.32. The number of halogens is 1. The molecule has 1 heterocycles. The number of rotatable bonds is 5. The molecule has 0 spiro atoms. The fourth-order valence-electron chi connectivity index (χ4n) is 2.40. The van der Waals surface area contributed by atoms with Crippen molar-refractivity contribution in [2.75, 3.05) is 18.5 Å². The van der Waals surface area contributed by atoms with Crippen LogP contribution in [0, 0.1) is 0 Å². The number of hydrogen-bond donors (Lipinski definition) is 1. The smallest absolute Gasteiger partial charge is 0.331 e. The lowest BCUT2D eigenvalue weighted by atomic mass is 10.2. The number of nitrogens with one attached hydrogen (secondary N) is 1. The third kappa shape index (κ3) is 5.01. The second kappa shape index (κ2) is 8.60. The van der Waals surface area contributed by atoms with E-state index in [0.717, 1.165) is 0 Å². The van der Waals surface area contributed by atoms with Crippen molar-refractivity contribution in [3.05, 3.63) is 59.1 Å². The Hall–Kier alpha value is -2.99. The molecule has 0 radical (unpaired) electrons. The fourth-order valence-corrected chi connectivity index (χ4v) is 2.60. The zero-order valence-corrected chi connectivity index (χ0v) is 15.4. The second-order valence-electron chi connectivity index (χ2n) is 5.78. The largest absolute Gasteiger partial charge is 0.486 e. The van der Waals surface area contributed by atoms with Crippen LogP contribution in [0.2, 0.25) is 5.02 Å². The van der Waals surface area contributed by atoms with E-state index in [2.05, 4.69) is 5.32 Å². The minimum Gasteiger partial charge on any atom is -0.486 e. The maximum absolute atomic E-state index is 12.2. The van der Waals surface area contributed by atoms with Crippen LogP contribution in [0.5, 0.6) is 11.5 Å². The first-order valence-corrected chi connectivity index (χ1v) is 8.74. The first-order valence-electron chi connectivity index (χ1n) is 8.36. The number of carbonyl (C=O) groups is 2. The van der Waals surface area contributed by atoms with Gasteiger partial charge in [0.05, 0.1) is 0 Å². The first kappa shape index (κ1) is 18.8. The molecule has 6 nitrogen and oxygen atoms in total. The number of benzene rings is 2. The molecule has 1 atom stereocenters. The van der Waals surface area contributed by atoms with Gasteiger partial charge in [-0.1, -0.05) is 29.8 Å². The van der Waals surface area contributed by atoms with Crippen molar-refractivity contribution in [2.45, 2.75) is 13.0 Å². The molecule has 140 valence electrons. The lowest BCUT2D eigenvalue weighted by Crippen LogP contribution is -2.29. The molecule has 2 aromatic carbocycles. The van der Waals surface area contributed by atoms with Crippen molar-refractivity contribution < 1.29 is 23.8 Å². The van der Waals surface area contributed by atoms with Crippen LogP contribution in [0.3, 0.4) is 0 Å². The number of carbonyl (C=O) groups excluding carboxylic acids is 2. The Morgan fingerprint density at radius 1 is 1.15 bits per heavy atom. The number of esters is 1. The minimum absolute atomic E-state index is 0.453. The SMILES string of the molecule is C[C@@H](OC(=O)/C=C/c1ccccc1Cl)C(=O)Nc1ccc2c(c1)OCCO2. The summed E-state index contributed by atoms with van der Waals surface area (Å²) in [4.78, 5) is 24.2. The highest BCUT2D eigenvalue weighted by Gasteiger charge is 2.18. The van der Waals surface area contributed by atoms with Crippen LogP contribution in [0.15, 0.2) is 48.5 Å². The molecule has 0 unspecified atom stereocenters. The van der Waals surface area contributed by atoms with Crippen LogP contribution in [-0.4, -0.2) is 31.2 Å². The third-order valence-corrected chi connectivity index (χ3v) is 4.12. The monoisotopic (exact) mass is 387 g/mol. The maximum atomic E-state index is 12.2. The van der Waals surface area contributed by atoms with E-state index in [1.54, 1.807) is 42.5 Å². The molecule has 3 rings (SSSR count). The Labute approximate surface area is 161 Å². The summed E-state index contributed by atoms with van der Waals surface area (Å²) in [7, 11) is 0. The number of anilines is 1. The summed E-state index contributed by atoms with van der Waals surface area (Å²) in [5, 5.41) is 3.20. The molecule has 2 aromatic rings. The van der Waals surface area contributed by atoms with Gasteiger partial charge >= 0.3 is 5.97 Å². The normalized spacial score (nSPS) is 13.9. The van der Waals surface area contributed by atoms with Crippen LogP contribution < -0.4 is 14.8 Å². The van der Waals surface area contributed by atoms with Crippen molar-refractivity contribution in [1.29, 1.82) is 0 Å². The van der Waals surface area contributed by atoms with Gasteiger partial charge in [0.2, 0.25) is 0 Å². The minimum atomic E-state index is -0.971. The summed E-state index contributed by atoms with van der Waals surface area (Å²) >= 11 is 6.02. The molecule has 1 aliphatic rings. The van der Waals surface area contributed by atoms with Crippen LogP contribution >= 0.6 is 11.6 Å². The van der Waals surface area contributed by atoms with Gasteiger partial charge in [-0.25, -0.2) is 4.79 Å². The highest BCUT2D eigenvalue weighted by atomic mass is 35.5. The molecule has 7 heteroatoms. The Morgan fingerprint density at radius 2 is 1.89 bits per heavy atom. The number of hydrogen-bond acceptors (Lipinski definition) is 5. The molecule has 0 aliphatic carbocycles. The summed E-state index contributed by atoms with van der Waals surface area (Å²) in [6.07, 6.45) is 1.80. The van der Waals surface area contributed by atoms with Gasteiger partial charge in [0, 0.05) is 22.9 Å². The summed E-state index contributed by atoms with van der Waals surface area (Å²) in [5.41, 5.74) is 1.21. The van der Waals surface area contributed by atoms with E-state index < -0.39 is 18.0 Å². The standard InChI is InChI=1S/C20H18ClNO5/c1-13(27-19(23)9-6-14-4-2-3-5-16(14)21)20(24)22-15-7-8-17-18(12-15)26-11-10-25-17/h2-9,12-13H,10-11H2,1H3,(H,22,24)/b9-6+/t13-/m1/s1. The van der Waals surface area contributed by atoms with E-state index in [9.17, 15) is 9.59 Å². The topological polar surface area (TPSA) is 73.9 Å². The molecule has 0 aromatic heterocycles. The average Bonchev–Trinajstić information content (AvgIpc) is 2.67. The van der Waals surface area contributed by atoms with Gasteiger partial charge in [-0.2, -0.15) is 0 Å². The molecule has 0 fully saturated rings. The molecule has 0 saturated heterocycles. The first-order chi connectivity index (χ1) is 13.0. The van der Waals surface area contributed by atoms with Crippen molar-refractivity contribution in [1.82, 2.24) is 0 Å². The van der Waals surface area contributed by atoms with Crippen molar-refractivity contribution >= 4 is 35.2 Å². The van der Waals surface area contributed by atoms with Crippen molar-refractivity contribution in [2.24, 2.45) is 0 Å². The fraction of sp³-hybridized carbons (Fsp3) is 0.200. The van der Waals surface area contributed by atoms with Crippen LogP contribution in [-0.2, 0) is 14.3 Å². The Kier molecular flexibility index (Phi) is 5.98. The van der Waals surface area contributed by atoms with Gasteiger partial charge in [-0.15, -0.1) is 0 Å². The van der Waals surface area contributed by atoms with E-state index in [4.69, 9.17) is 25.8 Å². The molecule has 0 bridgehead atoms. The lowest BCUT2D eigenvalue weighted by molar-refractivity contribution is -0.148. The van der Waals surface area contributed by atoms with Gasteiger partial charge in [-0.3, -0.25) is 4.79 Å². The Morgan fingerprint density at radius 3 is 2.67 bits per heavy atom. The van der Waals surface area contributed by atoms with Gasteiger partial charge < -0.3 is 19.5 Å². The summed E-state index contributed by atoms with van der Waals surface area (Å²) < 4.78 is 16.0. The highest BCUT2D eigenvalue weighted by Crippen LogP contribution is 2.32. The van der Waals surface area contributed by atoms with Crippen molar-refractivity contribution in [3.63, 3.8) is 0 Å². The van der Waals surface area contributed by atoms with Gasteiger partial charge in [0.1, 0.15) is 13.2 Å². The second-order valence-corrected chi connectivity index (χ2v) is 6.19. The third-order valence-electron chi connectivity index (χ3n) is 3.78.